The van der Waals surface area contributed by atoms with Crippen LogP contribution < -0.4 is 5.32 Å². The average Bonchev–Trinajstić information content (AvgIpc) is 2.36. The van der Waals surface area contributed by atoms with Gasteiger partial charge in [0, 0.05) is 32.2 Å². The Kier molecular flexibility index (Phi) is 7.82. The van der Waals surface area contributed by atoms with Crippen LogP contribution in [0.5, 0.6) is 0 Å². The van der Waals surface area contributed by atoms with E-state index in [0.29, 0.717) is 5.41 Å². The van der Waals surface area contributed by atoms with Crippen LogP contribution in [0, 0.1) is 5.41 Å². The first-order chi connectivity index (χ1) is 8.33. The Hall–Kier alpha value is -0.120. The molecule has 0 aliphatic carbocycles. The van der Waals surface area contributed by atoms with E-state index in [0.717, 1.165) is 32.9 Å². The van der Waals surface area contributed by atoms with Gasteiger partial charge in [-0.3, -0.25) is 0 Å². The molecule has 1 saturated heterocycles. The standard InChI is InChI=1S/C14H29NO2/c1-3-4-5-7-14(8-6-10-17-13-14)12-15-9-11-16-2/h15H,3-13H2,1-2H3. The Balaban J connectivity index is 2.29. The molecule has 17 heavy (non-hydrogen) atoms. The zero-order valence-electron chi connectivity index (χ0n) is 11.6. The summed E-state index contributed by atoms with van der Waals surface area (Å²) in [7, 11) is 1.75. The molecule has 1 heterocycles. The first-order valence-electron chi connectivity index (χ1n) is 7.10. The molecule has 0 aromatic rings. The fourth-order valence-electron chi connectivity index (χ4n) is 2.61. The predicted octanol–water partition coefficient (Wildman–Crippen LogP) is 2.60. The second-order valence-corrected chi connectivity index (χ2v) is 5.28. The summed E-state index contributed by atoms with van der Waals surface area (Å²) in [6.07, 6.45) is 7.83. The van der Waals surface area contributed by atoms with E-state index < -0.39 is 0 Å². The maximum Gasteiger partial charge on any atom is 0.0587 e. The topological polar surface area (TPSA) is 30.5 Å². The van der Waals surface area contributed by atoms with Gasteiger partial charge in [0.15, 0.2) is 0 Å². The number of hydrogen-bond acceptors (Lipinski definition) is 3. The smallest absolute Gasteiger partial charge is 0.0587 e. The van der Waals surface area contributed by atoms with Crippen molar-refractivity contribution in [2.45, 2.75) is 45.4 Å². The third-order valence-electron chi connectivity index (χ3n) is 3.70. The van der Waals surface area contributed by atoms with Crippen molar-refractivity contribution in [3.63, 3.8) is 0 Å². The van der Waals surface area contributed by atoms with Gasteiger partial charge in [0.1, 0.15) is 0 Å². The van der Waals surface area contributed by atoms with Crippen LogP contribution >= 0.6 is 0 Å². The summed E-state index contributed by atoms with van der Waals surface area (Å²) < 4.78 is 10.8. The average molecular weight is 243 g/mol. The third kappa shape index (κ3) is 5.84. The normalized spacial score (nSPS) is 25.1. The fraction of sp³-hybridized carbons (Fsp3) is 1.00. The number of methoxy groups -OCH3 is 1. The van der Waals surface area contributed by atoms with Gasteiger partial charge in [-0.15, -0.1) is 0 Å². The molecule has 0 amide bonds. The van der Waals surface area contributed by atoms with E-state index in [1.807, 2.05) is 0 Å². The number of unbranched alkanes of at least 4 members (excludes halogenated alkanes) is 2. The van der Waals surface area contributed by atoms with E-state index in [-0.39, 0.29) is 0 Å². The SMILES string of the molecule is CCCCCC1(CNCCOC)CCCOC1. The molecule has 3 nitrogen and oxygen atoms in total. The van der Waals surface area contributed by atoms with Gasteiger partial charge < -0.3 is 14.8 Å². The maximum atomic E-state index is 5.70. The van der Waals surface area contributed by atoms with E-state index in [4.69, 9.17) is 9.47 Å². The van der Waals surface area contributed by atoms with Crippen molar-refractivity contribution in [1.29, 1.82) is 0 Å². The minimum atomic E-state index is 0.390. The highest BCUT2D eigenvalue weighted by Gasteiger charge is 2.31. The van der Waals surface area contributed by atoms with Crippen molar-refractivity contribution in [1.82, 2.24) is 5.32 Å². The molecule has 1 aliphatic heterocycles. The van der Waals surface area contributed by atoms with Crippen molar-refractivity contribution in [2.24, 2.45) is 5.41 Å². The molecule has 0 aromatic carbocycles. The van der Waals surface area contributed by atoms with Crippen LogP contribution in [0.1, 0.15) is 45.4 Å². The van der Waals surface area contributed by atoms with Crippen LogP contribution in [0.2, 0.25) is 0 Å². The molecule has 0 aromatic heterocycles. The van der Waals surface area contributed by atoms with Crippen molar-refractivity contribution in [3.05, 3.63) is 0 Å². The highest BCUT2D eigenvalue weighted by Crippen LogP contribution is 2.33. The summed E-state index contributed by atoms with van der Waals surface area (Å²) in [5.74, 6) is 0. The molecule has 0 spiro atoms. The molecule has 1 unspecified atom stereocenters. The molecule has 0 saturated carbocycles. The second kappa shape index (κ2) is 8.90. The van der Waals surface area contributed by atoms with Crippen LogP contribution in [0.3, 0.4) is 0 Å². The summed E-state index contributed by atoms with van der Waals surface area (Å²) in [5, 5.41) is 3.52. The molecule has 1 fully saturated rings. The Morgan fingerprint density at radius 1 is 1.35 bits per heavy atom. The molecule has 3 heteroatoms. The zero-order chi connectivity index (χ0) is 12.4. The predicted molar refractivity (Wildman–Crippen MR) is 71.4 cm³/mol. The largest absolute Gasteiger partial charge is 0.383 e. The van der Waals surface area contributed by atoms with E-state index in [1.54, 1.807) is 7.11 Å². The van der Waals surface area contributed by atoms with Gasteiger partial charge in [0.05, 0.1) is 13.2 Å². The Bertz CT molecular complexity index is 179. The Morgan fingerprint density at radius 2 is 2.24 bits per heavy atom. The lowest BCUT2D eigenvalue weighted by atomic mass is 9.78. The lowest BCUT2D eigenvalue weighted by Crippen LogP contribution is -2.42. The van der Waals surface area contributed by atoms with Crippen LogP contribution in [0.15, 0.2) is 0 Å². The van der Waals surface area contributed by atoms with E-state index >= 15 is 0 Å². The molecule has 1 N–H and O–H groups in total. The summed E-state index contributed by atoms with van der Waals surface area (Å²) in [5.41, 5.74) is 0.390. The minimum Gasteiger partial charge on any atom is -0.383 e. The highest BCUT2D eigenvalue weighted by molar-refractivity contribution is 4.84. The lowest BCUT2D eigenvalue weighted by molar-refractivity contribution is -0.0138. The minimum absolute atomic E-state index is 0.390. The van der Waals surface area contributed by atoms with Crippen LogP contribution in [-0.4, -0.2) is 40.0 Å². The number of ether oxygens (including phenoxy) is 2. The molecule has 102 valence electrons. The molecular weight excluding hydrogens is 214 g/mol. The number of hydrogen-bond donors (Lipinski definition) is 1. The van der Waals surface area contributed by atoms with Crippen molar-refractivity contribution in [3.8, 4) is 0 Å². The monoisotopic (exact) mass is 243 g/mol. The van der Waals surface area contributed by atoms with Gasteiger partial charge in [-0.1, -0.05) is 26.2 Å². The summed E-state index contributed by atoms with van der Waals surface area (Å²) in [4.78, 5) is 0. The van der Waals surface area contributed by atoms with E-state index in [2.05, 4.69) is 12.2 Å². The first kappa shape index (κ1) is 14.9. The van der Waals surface area contributed by atoms with E-state index in [1.165, 1.54) is 38.5 Å². The van der Waals surface area contributed by atoms with Gasteiger partial charge in [0.25, 0.3) is 0 Å². The molecule has 0 bridgehead atoms. The van der Waals surface area contributed by atoms with Gasteiger partial charge in [-0.2, -0.15) is 0 Å². The lowest BCUT2D eigenvalue weighted by Gasteiger charge is -2.37. The van der Waals surface area contributed by atoms with Crippen LogP contribution in [0.25, 0.3) is 0 Å². The second-order valence-electron chi connectivity index (χ2n) is 5.28. The summed E-state index contributed by atoms with van der Waals surface area (Å²) >= 11 is 0. The third-order valence-corrected chi connectivity index (χ3v) is 3.70. The van der Waals surface area contributed by atoms with Crippen LogP contribution in [-0.2, 0) is 9.47 Å². The number of nitrogens with one attached hydrogen (secondary N) is 1. The number of rotatable bonds is 9. The van der Waals surface area contributed by atoms with Crippen LogP contribution in [0.4, 0.5) is 0 Å². The Labute approximate surface area is 106 Å². The molecule has 0 radical (unpaired) electrons. The van der Waals surface area contributed by atoms with Gasteiger partial charge in [-0.05, 0) is 19.3 Å². The molecule has 1 rings (SSSR count). The summed E-state index contributed by atoms with van der Waals surface area (Å²) in [6, 6.07) is 0. The van der Waals surface area contributed by atoms with Crippen molar-refractivity contribution in [2.75, 3.05) is 40.0 Å². The molecular formula is C14H29NO2. The van der Waals surface area contributed by atoms with Gasteiger partial charge >= 0.3 is 0 Å². The fourth-order valence-corrected chi connectivity index (χ4v) is 2.61. The van der Waals surface area contributed by atoms with Gasteiger partial charge in [-0.25, -0.2) is 0 Å². The molecule has 1 atom stereocenters. The highest BCUT2D eigenvalue weighted by atomic mass is 16.5. The molecule has 1 aliphatic rings. The van der Waals surface area contributed by atoms with Crippen molar-refractivity contribution >= 4 is 0 Å². The zero-order valence-corrected chi connectivity index (χ0v) is 11.6. The first-order valence-corrected chi connectivity index (χ1v) is 7.10. The van der Waals surface area contributed by atoms with E-state index in [9.17, 15) is 0 Å². The van der Waals surface area contributed by atoms with Gasteiger partial charge in [0.2, 0.25) is 0 Å². The quantitative estimate of drug-likeness (QED) is 0.631. The van der Waals surface area contributed by atoms with Crippen molar-refractivity contribution < 1.29 is 9.47 Å². The maximum absolute atomic E-state index is 5.70. The summed E-state index contributed by atoms with van der Waals surface area (Å²) in [6.45, 7) is 6.99. The Morgan fingerprint density at radius 3 is 2.88 bits per heavy atom.